The van der Waals surface area contributed by atoms with E-state index in [1.165, 1.54) is 6.07 Å². The molecule has 3 N–H and O–H groups in total. The Bertz CT molecular complexity index is 324. The van der Waals surface area contributed by atoms with Crippen LogP contribution >= 0.6 is 0 Å². The van der Waals surface area contributed by atoms with Gasteiger partial charge in [0.15, 0.2) is 0 Å². The van der Waals surface area contributed by atoms with E-state index in [0.717, 1.165) is 0 Å². The Morgan fingerprint density at radius 3 is 2.64 bits per heavy atom. The molecule has 76 valence electrons. The lowest BCUT2D eigenvalue weighted by atomic mass is 9.98. The van der Waals surface area contributed by atoms with E-state index >= 15 is 0 Å². The molecular formula is C9H12N2O3. The molecule has 0 saturated carbocycles. The molecule has 0 bridgehead atoms. The number of nitro benzene ring substituents is 1. The quantitative estimate of drug-likeness (QED) is 0.546. The third kappa shape index (κ3) is 2.07. The van der Waals surface area contributed by atoms with Gasteiger partial charge < -0.3 is 10.8 Å². The van der Waals surface area contributed by atoms with Crippen molar-refractivity contribution in [3.8, 4) is 0 Å². The molecule has 0 aromatic heterocycles. The van der Waals surface area contributed by atoms with Gasteiger partial charge in [0.1, 0.15) is 0 Å². The molecule has 0 aliphatic carbocycles. The third-order valence-corrected chi connectivity index (χ3v) is 2.08. The van der Waals surface area contributed by atoms with Crippen LogP contribution < -0.4 is 5.73 Å². The van der Waals surface area contributed by atoms with E-state index in [2.05, 4.69) is 0 Å². The Kier molecular flexibility index (Phi) is 3.55. The van der Waals surface area contributed by atoms with Gasteiger partial charge in [-0.1, -0.05) is 18.2 Å². The number of aliphatic hydroxyl groups excluding tert-OH is 1. The van der Waals surface area contributed by atoms with Crippen LogP contribution in [0.3, 0.4) is 0 Å². The molecule has 0 spiro atoms. The smallest absolute Gasteiger partial charge is 0.272 e. The molecule has 5 nitrogen and oxygen atoms in total. The molecule has 1 atom stereocenters. The van der Waals surface area contributed by atoms with Crippen LogP contribution in [-0.2, 0) is 0 Å². The van der Waals surface area contributed by atoms with Crippen molar-refractivity contribution in [2.75, 3.05) is 13.2 Å². The number of hydrogen-bond acceptors (Lipinski definition) is 4. The summed E-state index contributed by atoms with van der Waals surface area (Å²) < 4.78 is 0. The molecule has 0 amide bonds. The first-order valence-electron chi connectivity index (χ1n) is 4.25. The van der Waals surface area contributed by atoms with Crippen LogP contribution in [0, 0.1) is 10.1 Å². The average molecular weight is 196 g/mol. The molecule has 14 heavy (non-hydrogen) atoms. The van der Waals surface area contributed by atoms with Gasteiger partial charge in [0, 0.05) is 24.1 Å². The topological polar surface area (TPSA) is 89.4 Å². The van der Waals surface area contributed by atoms with Crippen molar-refractivity contribution in [3.63, 3.8) is 0 Å². The fraction of sp³-hybridized carbons (Fsp3) is 0.333. The van der Waals surface area contributed by atoms with Crippen molar-refractivity contribution < 1.29 is 10.0 Å². The average Bonchev–Trinajstić information content (AvgIpc) is 2.20. The highest BCUT2D eigenvalue weighted by molar-refractivity contribution is 5.42. The Hall–Kier alpha value is -1.46. The van der Waals surface area contributed by atoms with E-state index in [1.807, 2.05) is 0 Å². The Labute approximate surface area is 81.3 Å². The van der Waals surface area contributed by atoms with Crippen molar-refractivity contribution in [1.29, 1.82) is 0 Å². The maximum absolute atomic E-state index is 10.6. The zero-order valence-corrected chi connectivity index (χ0v) is 7.59. The number of nitrogens with two attached hydrogens (primary N) is 1. The summed E-state index contributed by atoms with van der Waals surface area (Å²) >= 11 is 0. The molecule has 1 aromatic rings. The van der Waals surface area contributed by atoms with Crippen LogP contribution in [0.2, 0.25) is 0 Å². The van der Waals surface area contributed by atoms with Gasteiger partial charge in [-0.05, 0) is 0 Å². The number of rotatable bonds is 4. The van der Waals surface area contributed by atoms with Crippen molar-refractivity contribution in [2.24, 2.45) is 5.73 Å². The zero-order valence-electron chi connectivity index (χ0n) is 7.59. The molecular weight excluding hydrogens is 184 g/mol. The van der Waals surface area contributed by atoms with Gasteiger partial charge >= 0.3 is 0 Å². The second kappa shape index (κ2) is 4.69. The minimum absolute atomic E-state index is 0.0111. The molecule has 1 aromatic carbocycles. The highest BCUT2D eigenvalue weighted by Gasteiger charge is 2.19. The molecule has 0 aliphatic rings. The van der Waals surface area contributed by atoms with Gasteiger partial charge in [-0.2, -0.15) is 0 Å². The first-order valence-corrected chi connectivity index (χ1v) is 4.25. The lowest BCUT2D eigenvalue weighted by Crippen LogP contribution is -2.17. The van der Waals surface area contributed by atoms with Crippen LogP contribution in [0.5, 0.6) is 0 Å². The lowest BCUT2D eigenvalue weighted by Gasteiger charge is -2.11. The van der Waals surface area contributed by atoms with Crippen molar-refractivity contribution in [3.05, 3.63) is 39.9 Å². The number of aliphatic hydroxyl groups is 1. The maximum atomic E-state index is 10.6. The molecule has 0 saturated heterocycles. The molecule has 0 radical (unpaired) electrons. The predicted molar refractivity (Wildman–Crippen MR) is 52.0 cm³/mol. The zero-order chi connectivity index (χ0) is 10.6. The summed E-state index contributed by atoms with van der Waals surface area (Å²) in [5, 5.41) is 19.6. The van der Waals surface area contributed by atoms with E-state index in [-0.39, 0.29) is 24.8 Å². The summed E-state index contributed by atoms with van der Waals surface area (Å²) in [4.78, 5) is 10.2. The second-order valence-corrected chi connectivity index (χ2v) is 2.93. The molecule has 1 rings (SSSR count). The van der Waals surface area contributed by atoms with E-state index in [0.29, 0.717) is 5.56 Å². The van der Waals surface area contributed by atoms with Crippen molar-refractivity contribution in [1.82, 2.24) is 0 Å². The molecule has 0 heterocycles. The Morgan fingerprint density at radius 2 is 2.14 bits per heavy atom. The number of para-hydroxylation sites is 1. The van der Waals surface area contributed by atoms with Crippen LogP contribution in [0.25, 0.3) is 0 Å². The predicted octanol–water partition coefficient (Wildman–Crippen LogP) is 0.629. The summed E-state index contributed by atoms with van der Waals surface area (Å²) in [6.07, 6.45) is 0. The Balaban J connectivity index is 3.11. The molecule has 1 unspecified atom stereocenters. The largest absolute Gasteiger partial charge is 0.396 e. The monoisotopic (exact) mass is 196 g/mol. The summed E-state index contributed by atoms with van der Waals surface area (Å²) in [5.74, 6) is -0.364. The van der Waals surface area contributed by atoms with E-state index in [4.69, 9.17) is 10.8 Å². The van der Waals surface area contributed by atoms with E-state index in [9.17, 15) is 10.1 Å². The van der Waals surface area contributed by atoms with Crippen molar-refractivity contribution in [2.45, 2.75) is 5.92 Å². The first-order chi connectivity index (χ1) is 6.70. The standard InChI is InChI=1S/C9H12N2O3/c10-5-7(6-12)8-3-1-2-4-9(8)11(13)14/h1-4,7,12H,5-6,10H2. The van der Waals surface area contributed by atoms with Crippen LogP contribution in [-0.4, -0.2) is 23.2 Å². The lowest BCUT2D eigenvalue weighted by molar-refractivity contribution is -0.385. The van der Waals surface area contributed by atoms with Gasteiger partial charge in [0.05, 0.1) is 11.5 Å². The molecule has 0 aliphatic heterocycles. The number of nitro groups is 1. The first kappa shape index (κ1) is 10.6. The summed E-state index contributed by atoms with van der Waals surface area (Å²) in [7, 11) is 0. The third-order valence-electron chi connectivity index (χ3n) is 2.08. The number of nitrogens with zero attached hydrogens (tertiary/aromatic N) is 1. The Morgan fingerprint density at radius 1 is 1.50 bits per heavy atom. The highest BCUT2D eigenvalue weighted by Crippen LogP contribution is 2.25. The van der Waals surface area contributed by atoms with Crippen LogP contribution in [0.4, 0.5) is 5.69 Å². The number of benzene rings is 1. The van der Waals surface area contributed by atoms with E-state index in [1.54, 1.807) is 18.2 Å². The second-order valence-electron chi connectivity index (χ2n) is 2.93. The minimum Gasteiger partial charge on any atom is -0.396 e. The molecule has 0 fully saturated rings. The summed E-state index contributed by atoms with van der Waals surface area (Å²) in [6, 6.07) is 6.31. The molecule has 5 heteroatoms. The maximum Gasteiger partial charge on any atom is 0.272 e. The highest BCUT2D eigenvalue weighted by atomic mass is 16.6. The fourth-order valence-electron chi connectivity index (χ4n) is 1.30. The minimum atomic E-state index is -0.465. The van der Waals surface area contributed by atoms with E-state index < -0.39 is 4.92 Å². The van der Waals surface area contributed by atoms with Gasteiger partial charge in [-0.25, -0.2) is 0 Å². The summed E-state index contributed by atoms with van der Waals surface area (Å²) in [5.41, 5.74) is 5.90. The van der Waals surface area contributed by atoms with Gasteiger partial charge in [0.2, 0.25) is 0 Å². The van der Waals surface area contributed by atoms with Crippen LogP contribution in [0.1, 0.15) is 11.5 Å². The van der Waals surface area contributed by atoms with Gasteiger partial charge in [-0.3, -0.25) is 10.1 Å². The SMILES string of the molecule is NCC(CO)c1ccccc1[N+](=O)[O-]. The number of hydrogen-bond donors (Lipinski definition) is 2. The fourth-order valence-corrected chi connectivity index (χ4v) is 1.30. The van der Waals surface area contributed by atoms with Gasteiger partial charge in [-0.15, -0.1) is 0 Å². The summed E-state index contributed by atoms with van der Waals surface area (Å²) in [6.45, 7) is 0.0166. The van der Waals surface area contributed by atoms with Crippen molar-refractivity contribution >= 4 is 5.69 Å². The van der Waals surface area contributed by atoms with Crippen LogP contribution in [0.15, 0.2) is 24.3 Å². The normalized spacial score (nSPS) is 12.4. The van der Waals surface area contributed by atoms with Gasteiger partial charge in [0.25, 0.3) is 5.69 Å².